The highest BCUT2D eigenvalue weighted by Gasteiger charge is 2.18. The van der Waals surface area contributed by atoms with E-state index >= 15 is 0 Å². The quantitative estimate of drug-likeness (QED) is 0.793. The first kappa shape index (κ1) is 9.64. The zero-order valence-electron chi connectivity index (χ0n) is 8.01. The molecule has 0 aliphatic carbocycles. The molecule has 1 aromatic rings. The average molecular weight is 211 g/mol. The maximum atomic E-state index is 5.53. The molecule has 0 spiro atoms. The highest BCUT2D eigenvalue weighted by Crippen LogP contribution is 2.14. The van der Waals surface area contributed by atoms with Crippen LogP contribution in [0.5, 0.6) is 0 Å². The fourth-order valence-corrected chi connectivity index (χ4v) is 1.86. The molecule has 1 unspecified atom stereocenters. The molecular formula is C9H13N3OS. The molecule has 1 fully saturated rings. The molecule has 1 atom stereocenters. The first-order valence-electron chi connectivity index (χ1n) is 4.43. The third-order valence-electron chi connectivity index (χ3n) is 2.18. The van der Waals surface area contributed by atoms with Crippen LogP contribution in [0.1, 0.15) is 5.69 Å². The Kier molecular flexibility index (Phi) is 2.81. The van der Waals surface area contributed by atoms with E-state index in [4.69, 9.17) is 10.5 Å². The molecule has 0 amide bonds. The van der Waals surface area contributed by atoms with E-state index in [-0.39, 0.29) is 0 Å². The van der Waals surface area contributed by atoms with Crippen molar-refractivity contribution in [1.29, 1.82) is 0 Å². The Morgan fingerprint density at radius 3 is 3.21 bits per heavy atom. The van der Waals surface area contributed by atoms with Crippen LogP contribution in [0, 0.1) is 0 Å². The van der Waals surface area contributed by atoms with Gasteiger partial charge in [0.05, 0.1) is 25.1 Å². The van der Waals surface area contributed by atoms with Crippen molar-refractivity contribution in [1.82, 2.24) is 9.88 Å². The van der Waals surface area contributed by atoms with Crippen molar-refractivity contribution in [2.45, 2.75) is 6.04 Å². The zero-order valence-corrected chi connectivity index (χ0v) is 8.83. The molecule has 2 N–H and O–H groups in total. The molecular weight excluding hydrogens is 198 g/mol. The highest BCUT2D eigenvalue weighted by molar-refractivity contribution is 7.13. The number of nitrogen functional groups attached to an aromatic ring is 1. The average Bonchev–Trinajstić information content (AvgIpc) is 2.72. The van der Waals surface area contributed by atoms with Gasteiger partial charge >= 0.3 is 0 Å². The van der Waals surface area contributed by atoms with Crippen molar-refractivity contribution in [3.8, 4) is 0 Å². The van der Waals surface area contributed by atoms with Gasteiger partial charge in [0.15, 0.2) is 5.13 Å². The summed E-state index contributed by atoms with van der Waals surface area (Å²) in [6.45, 7) is 1.46. The van der Waals surface area contributed by atoms with Crippen LogP contribution in [0.2, 0.25) is 0 Å². The summed E-state index contributed by atoms with van der Waals surface area (Å²) in [6.07, 6.45) is 4.09. The van der Waals surface area contributed by atoms with E-state index < -0.39 is 0 Å². The van der Waals surface area contributed by atoms with Crippen molar-refractivity contribution in [3.05, 3.63) is 17.2 Å². The minimum atomic E-state index is 0.359. The number of hydrogen-bond acceptors (Lipinski definition) is 5. The van der Waals surface area contributed by atoms with Crippen molar-refractivity contribution in [3.63, 3.8) is 0 Å². The molecule has 76 valence electrons. The first-order chi connectivity index (χ1) is 6.75. The molecule has 1 aliphatic heterocycles. The minimum Gasteiger partial charge on any atom is -0.375 e. The van der Waals surface area contributed by atoms with Crippen LogP contribution in [0.3, 0.4) is 0 Å². The van der Waals surface area contributed by atoms with Gasteiger partial charge in [-0.3, -0.25) is 4.90 Å². The summed E-state index contributed by atoms with van der Waals surface area (Å²) in [7, 11) is 2.04. The van der Waals surface area contributed by atoms with Gasteiger partial charge in [0.25, 0.3) is 0 Å². The summed E-state index contributed by atoms with van der Waals surface area (Å²) in [5, 5.41) is 2.56. The van der Waals surface area contributed by atoms with E-state index in [1.165, 1.54) is 11.3 Å². The number of thiazole rings is 1. The van der Waals surface area contributed by atoms with Gasteiger partial charge in [-0.05, 0) is 13.1 Å². The SMILES string of the molecule is CN1COCC1/C=C/c1csc(N)n1. The Balaban J connectivity index is 1.99. The molecule has 0 aromatic carbocycles. The monoisotopic (exact) mass is 211 g/mol. The number of likely N-dealkylation sites (N-methyl/N-ethyl adjacent to an activating group) is 1. The Morgan fingerprint density at radius 1 is 1.79 bits per heavy atom. The zero-order chi connectivity index (χ0) is 9.97. The lowest BCUT2D eigenvalue weighted by Crippen LogP contribution is -2.24. The largest absolute Gasteiger partial charge is 0.375 e. The molecule has 1 aromatic heterocycles. The van der Waals surface area contributed by atoms with E-state index in [1.54, 1.807) is 0 Å². The summed E-state index contributed by atoms with van der Waals surface area (Å²) < 4.78 is 5.30. The molecule has 2 heterocycles. The number of hydrogen-bond donors (Lipinski definition) is 1. The van der Waals surface area contributed by atoms with Crippen LogP contribution in [0.4, 0.5) is 5.13 Å². The third kappa shape index (κ3) is 2.12. The number of nitrogens with zero attached hydrogens (tertiary/aromatic N) is 2. The number of anilines is 1. The lowest BCUT2D eigenvalue weighted by molar-refractivity contribution is 0.153. The molecule has 1 saturated heterocycles. The predicted molar refractivity (Wildman–Crippen MR) is 57.9 cm³/mol. The maximum absolute atomic E-state index is 5.53. The second kappa shape index (κ2) is 4.08. The van der Waals surface area contributed by atoms with Gasteiger partial charge in [-0.2, -0.15) is 0 Å². The topological polar surface area (TPSA) is 51.4 Å². The highest BCUT2D eigenvalue weighted by atomic mass is 32.1. The number of rotatable bonds is 2. The molecule has 4 nitrogen and oxygen atoms in total. The van der Waals surface area contributed by atoms with Gasteiger partial charge in [0.1, 0.15) is 0 Å². The summed E-state index contributed by atoms with van der Waals surface area (Å²) in [6, 6.07) is 0.359. The fraction of sp³-hybridized carbons (Fsp3) is 0.444. The molecule has 1 aliphatic rings. The molecule has 0 saturated carbocycles. The Bertz CT molecular complexity index is 337. The Hall–Kier alpha value is -0.910. The lowest BCUT2D eigenvalue weighted by atomic mass is 10.2. The third-order valence-corrected chi connectivity index (χ3v) is 2.87. The normalized spacial score (nSPS) is 23.6. The molecule has 5 heteroatoms. The van der Waals surface area contributed by atoms with Gasteiger partial charge in [0.2, 0.25) is 0 Å². The fourth-order valence-electron chi connectivity index (χ4n) is 1.33. The minimum absolute atomic E-state index is 0.359. The van der Waals surface area contributed by atoms with Crippen molar-refractivity contribution >= 4 is 22.5 Å². The lowest BCUT2D eigenvalue weighted by Gasteiger charge is -2.11. The van der Waals surface area contributed by atoms with Gasteiger partial charge in [0, 0.05) is 5.38 Å². The van der Waals surface area contributed by atoms with Crippen LogP contribution in [-0.4, -0.2) is 36.3 Å². The summed E-state index contributed by atoms with van der Waals surface area (Å²) in [5.74, 6) is 0. The summed E-state index contributed by atoms with van der Waals surface area (Å²) in [4.78, 5) is 6.29. The molecule has 0 radical (unpaired) electrons. The standard InChI is InChI=1S/C9H13N3OS/c1-12-6-13-4-8(12)3-2-7-5-14-9(10)11-7/h2-3,5,8H,4,6H2,1H3,(H2,10,11)/b3-2+. The van der Waals surface area contributed by atoms with Crippen LogP contribution < -0.4 is 5.73 Å². The summed E-state index contributed by atoms with van der Waals surface area (Å²) in [5.41, 5.74) is 6.45. The van der Waals surface area contributed by atoms with Gasteiger partial charge < -0.3 is 10.5 Å². The van der Waals surface area contributed by atoms with E-state index in [0.29, 0.717) is 17.9 Å². The maximum Gasteiger partial charge on any atom is 0.180 e. The van der Waals surface area contributed by atoms with E-state index in [1.807, 2.05) is 18.5 Å². The van der Waals surface area contributed by atoms with Crippen LogP contribution in [-0.2, 0) is 4.74 Å². The smallest absolute Gasteiger partial charge is 0.180 e. The Morgan fingerprint density at radius 2 is 2.64 bits per heavy atom. The van der Waals surface area contributed by atoms with Gasteiger partial charge in [-0.15, -0.1) is 11.3 Å². The second-order valence-corrected chi connectivity index (χ2v) is 4.18. The molecule has 14 heavy (non-hydrogen) atoms. The summed E-state index contributed by atoms with van der Waals surface area (Å²) >= 11 is 1.46. The second-order valence-electron chi connectivity index (χ2n) is 3.29. The van der Waals surface area contributed by atoms with Crippen molar-refractivity contribution < 1.29 is 4.74 Å². The number of aromatic nitrogens is 1. The van der Waals surface area contributed by atoms with Crippen LogP contribution in [0.25, 0.3) is 6.08 Å². The van der Waals surface area contributed by atoms with E-state index in [0.717, 1.165) is 12.3 Å². The van der Waals surface area contributed by atoms with Crippen molar-refractivity contribution in [2.75, 3.05) is 26.1 Å². The number of ether oxygens (including phenoxy) is 1. The van der Waals surface area contributed by atoms with E-state index in [9.17, 15) is 0 Å². The van der Waals surface area contributed by atoms with Crippen LogP contribution >= 0.6 is 11.3 Å². The first-order valence-corrected chi connectivity index (χ1v) is 5.31. The molecule has 0 bridgehead atoms. The van der Waals surface area contributed by atoms with Gasteiger partial charge in [-0.1, -0.05) is 6.08 Å². The molecule has 2 rings (SSSR count). The number of nitrogens with two attached hydrogens (primary N) is 1. The van der Waals surface area contributed by atoms with E-state index in [2.05, 4.69) is 16.0 Å². The van der Waals surface area contributed by atoms with Crippen molar-refractivity contribution in [2.24, 2.45) is 0 Å². The predicted octanol–water partition coefficient (Wildman–Crippen LogP) is 1.03. The Labute approximate surface area is 87.0 Å². The van der Waals surface area contributed by atoms with Crippen LogP contribution in [0.15, 0.2) is 11.5 Å². The van der Waals surface area contributed by atoms with Gasteiger partial charge in [-0.25, -0.2) is 4.98 Å².